The molecule has 57 heavy (non-hydrogen) atoms. The van der Waals surface area contributed by atoms with E-state index in [4.69, 9.17) is 18.9 Å². The van der Waals surface area contributed by atoms with Gasteiger partial charge in [-0.3, -0.25) is 14.4 Å². The highest BCUT2D eigenvalue weighted by Gasteiger charge is 2.56. The third kappa shape index (κ3) is 11.3. The molecule has 0 aromatic rings. The number of methoxy groups -OCH3 is 2. The lowest BCUT2D eigenvalue weighted by atomic mass is 9.78. The van der Waals surface area contributed by atoms with Crippen LogP contribution < -0.4 is 0 Å². The van der Waals surface area contributed by atoms with Crippen molar-refractivity contribution in [3.63, 3.8) is 0 Å². The fourth-order valence-electron chi connectivity index (χ4n) is 9.51. The number of piperidine rings is 1. The van der Waals surface area contributed by atoms with Crippen LogP contribution in [-0.4, -0.2) is 125 Å². The lowest BCUT2D eigenvalue weighted by Gasteiger charge is -2.47. The summed E-state index contributed by atoms with van der Waals surface area (Å²) >= 11 is 0. The zero-order valence-electron chi connectivity index (χ0n) is 35.1. The van der Waals surface area contributed by atoms with Crippen molar-refractivity contribution < 1.29 is 58.6 Å². The lowest BCUT2D eigenvalue weighted by molar-refractivity contribution is -0.302. The number of hydrogen-bond acceptors (Lipinski definition) is 12. The molecule has 4 rings (SSSR count). The second-order valence-electron chi connectivity index (χ2n) is 17.4. The Labute approximate surface area is 338 Å². The van der Waals surface area contributed by atoms with Crippen LogP contribution in [-0.2, 0) is 38.1 Å². The number of esters is 1. The molecule has 2 saturated heterocycles. The van der Waals surface area contributed by atoms with Gasteiger partial charge in [0.25, 0.3) is 11.7 Å². The number of nitrogens with zero attached hydrogens (tertiary/aromatic N) is 1. The normalized spacial score (nSPS) is 41.0. The fourth-order valence-corrected chi connectivity index (χ4v) is 9.51. The molecule has 13 heteroatoms. The van der Waals surface area contributed by atoms with Gasteiger partial charge in [0.2, 0.25) is 5.79 Å². The standard InChI is InChI=1S/C44H69NO12/c1-9-12-31-18-25(2)17-26(3)19-37(54-7)40-38(55-8)21-28(5)44(53,57-40)41(50)42(51)45-16-11-10-13-33(45)43(52)56-39(29(6)35(48)23-36(31)49)27(4)20-30-14-15-34(47)32(22-30)24-46/h9,18,20,26,28-35,37-40,46-48,53H,1,10-17,19,21-24H2,2-8H3/b25-18+,27-20+/t26-,28-,29-,30+,31-,32+,33?,34-,35+,37+,38+,39-,40-,44-/m1/s1. The van der Waals surface area contributed by atoms with Gasteiger partial charge in [0.15, 0.2) is 0 Å². The largest absolute Gasteiger partial charge is 0.456 e. The summed E-state index contributed by atoms with van der Waals surface area (Å²) in [5, 5.41) is 44.0. The van der Waals surface area contributed by atoms with Gasteiger partial charge in [-0.15, -0.1) is 6.58 Å². The molecule has 2 bridgehead atoms. The van der Waals surface area contributed by atoms with E-state index < -0.39 is 83.9 Å². The number of carbonyl (C=O) groups excluding carboxylic acids is 4. The monoisotopic (exact) mass is 803 g/mol. The second-order valence-corrected chi connectivity index (χ2v) is 17.4. The average Bonchev–Trinajstić information content (AvgIpc) is 3.18. The molecule has 3 aliphatic heterocycles. The van der Waals surface area contributed by atoms with E-state index in [2.05, 4.69) is 6.58 Å². The van der Waals surface area contributed by atoms with Gasteiger partial charge >= 0.3 is 5.97 Å². The minimum atomic E-state index is -2.52. The van der Waals surface area contributed by atoms with Crippen LogP contribution in [0.1, 0.15) is 105 Å². The third-order valence-corrected chi connectivity index (χ3v) is 13.0. The number of amides is 1. The summed E-state index contributed by atoms with van der Waals surface area (Å²) in [6, 6.07) is -1.16. The van der Waals surface area contributed by atoms with Crippen LogP contribution in [0.15, 0.2) is 36.0 Å². The number of hydrogen-bond donors (Lipinski definition) is 4. The Bertz CT molecular complexity index is 1480. The average molecular weight is 804 g/mol. The van der Waals surface area contributed by atoms with Crippen LogP contribution in [0.5, 0.6) is 0 Å². The van der Waals surface area contributed by atoms with Crippen molar-refractivity contribution in [3.05, 3.63) is 36.0 Å². The molecule has 3 fully saturated rings. The maximum atomic E-state index is 14.3. The zero-order chi connectivity index (χ0) is 42.2. The number of rotatable bonds is 7. The summed E-state index contributed by atoms with van der Waals surface area (Å²) in [6.45, 7) is 12.9. The van der Waals surface area contributed by atoms with Gasteiger partial charge in [0.05, 0.1) is 24.4 Å². The van der Waals surface area contributed by atoms with Crippen LogP contribution in [0.25, 0.3) is 0 Å². The first-order valence-electron chi connectivity index (χ1n) is 21.0. The number of cyclic esters (lactones) is 1. The molecule has 0 radical (unpaired) electrons. The molecule has 3 heterocycles. The van der Waals surface area contributed by atoms with Crippen molar-refractivity contribution >= 4 is 23.4 Å². The maximum Gasteiger partial charge on any atom is 0.329 e. The molecule has 1 amide bonds. The van der Waals surface area contributed by atoms with Gasteiger partial charge in [-0.1, -0.05) is 44.6 Å². The highest BCUT2D eigenvalue weighted by molar-refractivity contribution is 6.39. The Morgan fingerprint density at radius 2 is 1.67 bits per heavy atom. The van der Waals surface area contributed by atoms with Gasteiger partial charge < -0.3 is 44.3 Å². The number of fused-ring (bicyclic) bond motifs is 3. The Hall–Kier alpha value is -2.78. The van der Waals surface area contributed by atoms with E-state index in [1.165, 1.54) is 19.1 Å². The number of aliphatic hydroxyl groups excluding tert-OH is 3. The first kappa shape index (κ1) is 46.9. The quantitative estimate of drug-likeness (QED) is 0.163. The van der Waals surface area contributed by atoms with Crippen LogP contribution in [0, 0.1) is 35.5 Å². The molecular formula is C44H69NO12. The summed E-state index contributed by atoms with van der Waals surface area (Å²) in [7, 11) is 3.04. The highest BCUT2D eigenvalue weighted by Crippen LogP contribution is 2.39. The van der Waals surface area contributed by atoms with E-state index in [-0.39, 0.29) is 56.0 Å². The minimum Gasteiger partial charge on any atom is -0.456 e. The molecule has 0 aromatic heterocycles. The highest BCUT2D eigenvalue weighted by atomic mass is 16.7. The molecule has 0 spiro atoms. The molecular weight excluding hydrogens is 734 g/mol. The fraction of sp³-hybridized carbons (Fsp3) is 0.773. The van der Waals surface area contributed by atoms with E-state index in [1.807, 2.05) is 26.0 Å². The predicted octanol–water partition coefficient (Wildman–Crippen LogP) is 4.23. The smallest absolute Gasteiger partial charge is 0.329 e. The first-order chi connectivity index (χ1) is 27.0. The number of ketones is 2. The Balaban J connectivity index is 1.78. The van der Waals surface area contributed by atoms with Gasteiger partial charge in [0, 0.05) is 57.5 Å². The molecule has 4 N–H and O–H groups in total. The molecule has 4 aliphatic rings. The zero-order valence-corrected chi connectivity index (χ0v) is 35.1. The van der Waals surface area contributed by atoms with Crippen molar-refractivity contribution in [1.29, 1.82) is 0 Å². The molecule has 1 aliphatic carbocycles. The summed E-state index contributed by atoms with van der Waals surface area (Å²) in [5.41, 5.74) is 1.58. The SMILES string of the molecule is C=CC[C@@H]1/C=C(\C)C[C@@H](C)C[C@H](OC)[C@H]2O[C@@](O)(C(=O)C(=O)N3CCCCC3C(=O)O[C@H](/C(C)=C/[C@@H]3CC[C@@H](O)[C@H](CO)C3)[C@H](C)[C@@H](O)CC1=O)[C@H](C)C[C@@H]2OC. The molecule has 13 nitrogen and oxygen atoms in total. The first-order valence-corrected chi connectivity index (χ1v) is 21.0. The van der Waals surface area contributed by atoms with Gasteiger partial charge in [-0.2, -0.15) is 0 Å². The Morgan fingerprint density at radius 1 is 0.982 bits per heavy atom. The van der Waals surface area contributed by atoms with E-state index in [9.17, 15) is 39.6 Å². The van der Waals surface area contributed by atoms with Crippen LogP contribution in [0.3, 0.4) is 0 Å². The van der Waals surface area contributed by atoms with Crippen LogP contribution >= 0.6 is 0 Å². The minimum absolute atomic E-state index is 0.00385. The number of carbonyl (C=O) groups is 4. The molecule has 14 atom stereocenters. The van der Waals surface area contributed by atoms with Crippen molar-refractivity contribution in [2.75, 3.05) is 27.4 Å². The third-order valence-electron chi connectivity index (χ3n) is 13.0. The molecule has 1 saturated carbocycles. The Morgan fingerprint density at radius 3 is 2.32 bits per heavy atom. The molecule has 322 valence electrons. The summed E-state index contributed by atoms with van der Waals surface area (Å²) in [4.78, 5) is 57.8. The predicted molar refractivity (Wildman–Crippen MR) is 212 cm³/mol. The van der Waals surface area contributed by atoms with Crippen molar-refractivity contribution in [1.82, 2.24) is 4.90 Å². The molecule has 0 aromatic carbocycles. The van der Waals surface area contributed by atoms with Crippen LogP contribution in [0.4, 0.5) is 0 Å². The maximum absolute atomic E-state index is 14.3. The molecule has 1 unspecified atom stereocenters. The number of ether oxygens (including phenoxy) is 4. The summed E-state index contributed by atoms with van der Waals surface area (Å²) in [5.74, 6) is -8.19. The van der Waals surface area contributed by atoms with E-state index >= 15 is 0 Å². The lowest BCUT2D eigenvalue weighted by Crippen LogP contribution is -2.64. The topological polar surface area (TPSA) is 189 Å². The summed E-state index contributed by atoms with van der Waals surface area (Å²) < 4.78 is 24.2. The van der Waals surface area contributed by atoms with Crippen molar-refractivity contribution in [3.8, 4) is 0 Å². The van der Waals surface area contributed by atoms with E-state index in [0.29, 0.717) is 56.9 Å². The van der Waals surface area contributed by atoms with E-state index in [1.54, 1.807) is 26.8 Å². The number of aliphatic hydroxyl groups is 4. The van der Waals surface area contributed by atoms with Gasteiger partial charge in [-0.25, -0.2) is 4.79 Å². The van der Waals surface area contributed by atoms with Gasteiger partial charge in [0.1, 0.15) is 24.0 Å². The summed E-state index contributed by atoms with van der Waals surface area (Å²) in [6.07, 6.45) is 5.00. The second kappa shape index (κ2) is 21.0. The van der Waals surface area contributed by atoms with Crippen molar-refractivity contribution in [2.24, 2.45) is 35.5 Å². The van der Waals surface area contributed by atoms with Gasteiger partial charge in [-0.05, 0) is 95.5 Å². The number of Topliss-reactive ketones (excluding diaryl/α,β-unsaturated/α-hetero) is 2. The van der Waals surface area contributed by atoms with E-state index in [0.717, 1.165) is 5.57 Å². The Kier molecular flexibility index (Phi) is 17.2. The van der Waals surface area contributed by atoms with Crippen LogP contribution in [0.2, 0.25) is 0 Å². The van der Waals surface area contributed by atoms with Crippen molar-refractivity contribution in [2.45, 2.75) is 154 Å². The number of allylic oxidation sites excluding steroid dienone is 4.